The van der Waals surface area contributed by atoms with E-state index >= 15 is 0 Å². The summed E-state index contributed by atoms with van der Waals surface area (Å²) < 4.78 is 5.60. The molecule has 0 aliphatic carbocycles. The molecule has 0 bridgehead atoms. The molecule has 1 aromatic heterocycles. The number of nitrogens with zero attached hydrogens (tertiary/aromatic N) is 1. The molecule has 0 aliphatic rings. The van der Waals surface area contributed by atoms with Gasteiger partial charge in [0.25, 0.3) is 5.91 Å². The van der Waals surface area contributed by atoms with Crippen LogP contribution in [-0.2, 0) is 0 Å². The highest BCUT2D eigenvalue weighted by atomic mass is 16.5. The summed E-state index contributed by atoms with van der Waals surface area (Å²) in [5.74, 6) is 0.637. The summed E-state index contributed by atoms with van der Waals surface area (Å²) in [6.07, 6.45) is 3.87. The Labute approximate surface area is 134 Å². The normalized spacial score (nSPS) is 10.7. The molecule has 2 N–H and O–H groups in total. The Bertz CT molecular complexity index is 793. The summed E-state index contributed by atoms with van der Waals surface area (Å²) in [5, 5.41) is 10.8. The molecule has 5 heteroatoms. The third kappa shape index (κ3) is 3.69. The van der Waals surface area contributed by atoms with E-state index < -0.39 is 0 Å². The van der Waals surface area contributed by atoms with Crippen LogP contribution in [0.5, 0.6) is 5.75 Å². The predicted octanol–water partition coefficient (Wildman–Crippen LogP) is 3.99. The Morgan fingerprint density at radius 2 is 2.04 bits per heavy atom. The topological polar surface area (TPSA) is 67.0 Å². The number of hydrogen-bond donors (Lipinski definition) is 2. The van der Waals surface area contributed by atoms with Crippen molar-refractivity contribution in [2.24, 2.45) is 0 Å². The number of unbranched alkanes of at least 4 members (excludes halogenated alkanes) is 1. The van der Waals surface area contributed by atoms with Crippen LogP contribution in [0.3, 0.4) is 0 Å². The van der Waals surface area contributed by atoms with Gasteiger partial charge in [-0.05, 0) is 48.9 Å². The second-order valence-corrected chi connectivity index (χ2v) is 5.35. The molecule has 0 unspecified atom stereocenters. The van der Waals surface area contributed by atoms with Crippen LogP contribution in [0, 0.1) is 0 Å². The maximum Gasteiger partial charge on any atom is 0.255 e. The van der Waals surface area contributed by atoms with Crippen molar-refractivity contribution in [3.8, 4) is 5.75 Å². The second kappa shape index (κ2) is 6.96. The van der Waals surface area contributed by atoms with E-state index in [1.165, 1.54) is 0 Å². The van der Waals surface area contributed by atoms with Crippen LogP contribution in [0.4, 0.5) is 5.69 Å². The molecule has 1 heterocycles. The van der Waals surface area contributed by atoms with Crippen molar-refractivity contribution in [1.29, 1.82) is 0 Å². The fraction of sp³-hybridized carbons (Fsp3) is 0.222. The highest BCUT2D eigenvalue weighted by Gasteiger charge is 2.07. The number of hydrogen-bond acceptors (Lipinski definition) is 3. The van der Waals surface area contributed by atoms with Crippen molar-refractivity contribution in [3.05, 3.63) is 54.2 Å². The van der Waals surface area contributed by atoms with Crippen molar-refractivity contribution in [2.45, 2.75) is 19.8 Å². The molecule has 2 aromatic carbocycles. The number of anilines is 1. The van der Waals surface area contributed by atoms with Crippen LogP contribution in [0.2, 0.25) is 0 Å². The molecule has 5 nitrogen and oxygen atoms in total. The van der Waals surface area contributed by atoms with Crippen LogP contribution in [0.1, 0.15) is 30.1 Å². The Kier molecular flexibility index (Phi) is 4.57. The van der Waals surface area contributed by atoms with Gasteiger partial charge < -0.3 is 10.1 Å². The predicted molar refractivity (Wildman–Crippen MR) is 90.9 cm³/mol. The summed E-state index contributed by atoms with van der Waals surface area (Å²) in [4.78, 5) is 12.3. The number of ether oxygens (including phenoxy) is 1. The number of amides is 1. The average molecular weight is 309 g/mol. The molecule has 3 rings (SSSR count). The van der Waals surface area contributed by atoms with Gasteiger partial charge in [0, 0.05) is 16.6 Å². The van der Waals surface area contributed by atoms with Gasteiger partial charge in [0.1, 0.15) is 5.75 Å². The average Bonchev–Trinajstić information content (AvgIpc) is 3.03. The Balaban J connectivity index is 1.65. The van der Waals surface area contributed by atoms with Gasteiger partial charge in [-0.1, -0.05) is 13.3 Å². The number of H-pyrrole nitrogens is 1. The van der Waals surface area contributed by atoms with Gasteiger partial charge in [-0.3, -0.25) is 9.89 Å². The molecule has 1 amide bonds. The maximum absolute atomic E-state index is 12.3. The number of aromatic amines is 1. The minimum atomic E-state index is -0.149. The first-order valence-electron chi connectivity index (χ1n) is 7.73. The van der Waals surface area contributed by atoms with Gasteiger partial charge in [-0.2, -0.15) is 5.10 Å². The molecule has 23 heavy (non-hydrogen) atoms. The number of nitrogens with one attached hydrogen (secondary N) is 2. The molecular formula is C18H19N3O2. The van der Waals surface area contributed by atoms with E-state index in [0.29, 0.717) is 12.2 Å². The molecule has 0 fully saturated rings. The first kappa shape index (κ1) is 15.1. The van der Waals surface area contributed by atoms with Crippen LogP contribution in [-0.4, -0.2) is 22.7 Å². The molecule has 0 saturated heterocycles. The van der Waals surface area contributed by atoms with Crippen LogP contribution in [0.25, 0.3) is 10.9 Å². The Hall–Kier alpha value is -2.82. The van der Waals surface area contributed by atoms with E-state index in [4.69, 9.17) is 4.74 Å². The largest absolute Gasteiger partial charge is 0.494 e. The minimum Gasteiger partial charge on any atom is -0.494 e. The first-order chi connectivity index (χ1) is 11.3. The maximum atomic E-state index is 12.3. The Morgan fingerprint density at radius 3 is 2.83 bits per heavy atom. The van der Waals surface area contributed by atoms with Gasteiger partial charge in [-0.25, -0.2) is 0 Å². The zero-order valence-corrected chi connectivity index (χ0v) is 13.0. The number of benzene rings is 2. The summed E-state index contributed by atoms with van der Waals surface area (Å²) in [7, 11) is 0. The lowest BCUT2D eigenvalue weighted by molar-refractivity contribution is 0.102. The van der Waals surface area contributed by atoms with Crippen LogP contribution < -0.4 is 10.1 Å². The van der Waals surface area contributed by atoms with Gasteiger partial charge in [0.05, 0.1) is 18.3 Å². The van der Waals surface area contributed by atoms with Crippen LogP contribution >= 0.6 is 0 Å². The fourth-order valence-corrected chi connectivity index (χ4v) is 2.25. The summed E-state index contributed by atoms with van der Waals surface area (Å²) >= 11 is 0. The fourth-order valence-electron chi connectivity index (χ4n) is 2.25. The lowest BCUT2D eigenvalue weighted by atomic mass is 10.2. The van der Waals surface area contributed by atoms with Crippen LogP contribution in [0.15, 0.2) is 48.7 Å². The van der Waals surface area contributed by atoms with Crippen molar-refractivity contribution < 1.29 is 9.53 Å². The highest BCUT2D eigenvalue weighted by Crippen LogP contribution is 2.18. The quantitative estimate of drug-likeness (QED) is 0.676. The van der Waals surface area contributed by atoms with Gasteiger partial charge in [-0.15, -0.1) is 0 Å². The third-order valence-corrected chi connectivity index (χ3v) is 3.58. The van der Waals surface area contributed by atoms with E-state index in [2.05, 4.69) is 22.4 Å². The number of carbonyl (C=O) groups excluding carboxylic acids is 1. The SMILES string of the molecule is CCCCOc1ccc(C(=O)Nc2ccc3cn[nH]c3c2)cc1. The monoisotopic (exact) mass is 309 g/mol. The molecule has 0 spiro atoms. The Morgan fingerprint density at radius 1 is 1.22 bits per heavy atom. The van der Waals surface area contributed by atoms with E-state index in [1.54, 1.807) is 18.3 Å². The lowest BCUT2D eigenvalue weighted by Crippen LogP contribution is -2.11. The van der Waals surface area contributed by atoms with E-state index in [9.17, 15) is 4.79 Å². The smallest absolute Gasteiger partial charge is 0.255 e. The van der Waals surface area contributed by atoms with Gasteiger partial charge in [0.15, 0.2) is 0 Å². The third-order valence-electron chi connectivity index (χ3n) is 3.58. The van der Waals surface area contributed by atoms with E-state index in [1.807, 2.05) is 30.3 Å². The molecule has 3 aromatic rings. The summed E-state index contributed by atoms with van der Waals surface area (Å²) in [6, 6.07) is 12.8. The summed E-state index contributed by atoms with van der Waals surface area (Å²) in [5.41, 5.74) is 2.22. The number of aromatic nitrogens is 2. The molecule has 0 radical (unpaired) electrons. The molecular weight excluding hydrogens is 290 g/mol. The van der Waals surface area contributed by atoms with E-state index in [-0.39, 0.29) is 5.91 Å². The van der Waals surface area contributed by atoms with Gasteiger partial charge >= 0.3 is 0 Å². The van der Waals surface area contributed by atoms with Crippen molar-refractivity contribution in [3.63, 3.8) is 0 Å². The first-order valence-corrected chi connectivity index (χ1v) is 7.73. The zero-order valence-electron chi connectivity index (χ0n) is 13.0. The number of rotatable bonds is 6. The number of carbonyl (C=O) groups is 1. The van der Waals surface area contributed by atoms with Crippen molar-refractivity contribution in [2.75, 3.05) is 11.9 Å². The molecule has 0 saturated carbocycles. The summed E-state index contributed by atoms with van der Waals surface area (Å²) in [6.45, 7) is 2.82. The van der Waals surface area contributed by atoms with Crippen molar-refractivity contribution in [1.82, 2.24) is 10.2 Å². The van der Waals surface area contributed by atoms with E-state index in [0.717, 1.165) is 35.2 Å². The van der Waals surface area contributed by atoms with Crippen molar-refractivity contribution >= 4 is 22.5 Å². The zero-order chi connectivity index (χ0) is 16.1. The molecule has 118 valence electrons. The minimum absolute atomic E-state index is 0.149. The lowest BCUT2D eigenvalue weighted by Gasteiger charge is -2.08. The highest BCUT2D eigenvalue weighted by molar-refractivity contribution is 6.05. The molecule has 0 aliphatic heterocycles. The second-order valence-electron chi connectivity index (χ2n) is 5.35. The van der Waals surface area contributed by atoms with Gasteiger partial charge in [0.2, 0.25) is 0 Å². The standard InChI is InChI=1S/C18H19N3O2/c1-2-3-10-23-16-8-5-13(6-9-16)18(22)20-15-7-4-14-12-19-21-17(14)11-15/h4-9,11-12H,2-3,10H2,1H3,(H,19,21)(H,20,22). The molecule has 0 atom stereocenters. The number of fused-ring (bicyclic) bond motifs is 1.